The zero-order valence-electron chi connectivity index (χ0n) is 12.8. The van der Waals surface area contributed by atoms with Gasteiger partial charge in [-0.1, -0.05) is 39.0 Å². The molecule has 18 heavy (non-hydrogen) atoms. The second-order valence-corrected chi connectivity index (χ2v) is 5.89. The van der Waals surface area contributed by atoms with E-state index < -0.39 is 0 Å². The number of nitrogens with one attached hydrogen (secondary N) is 1. The van der Waals surface area contributed by atoms with Gasteiger partial charge in [0.05, 0.1) is 0 Å². The Hall–Kier alpha value is -0.820. The van der Waals surface area contributed by atoms with Crippen LogP contribution in [0.2, 0.25) is 0 Å². The van der Waals surface area contributed by atoms with Crippen LogP contribution in [0.3, 0.4) is 0 Å². The van der Waals surface area contributed by atoms with Crippen molar-refractivity contribution in [2.75, 3.05) is 13.1 Å². The summed E-state index contributed by atoms with van der Waals surface area (Å²) in [5.41, 5.74) is 4.78. The lowest BCUT2D eigenvalue weighted by Crippen LogP contribution is -2.34. The van der Waals surface area contributed by atoms with Crippen molar-refractivity contribution in [2.24, 2.45) is 5.41 Å². The summed E-state index contributed by atoms with van der Waals surface area (Å²) in [5, 5.41) is 3.59. The standard InChI is InChI=1S/C17H29N/c1-6-11-18-13-17(5,7-2)12-16-14(3)9-8-10-15(16)4/h8-10,18H,6-7,11-13H2,1-5H3. The molecule has 0 amide bonds. The van der Waals surface area contributed by atoms with Crippen LogP contribution in [-0.4, -0.2) is 13.1 Å². The van der Waals surface area contributed by atoms with Gasteiger partial charge in [0.25, 0.3) is 0 Å². The minimum atomic E-state index is 0.367. The molecule has 0 aliphatic heterocycles. The molecule has 1 atom stereocenters. The van der Waals surface area contributed by atoms with Crippen LogP contribution in [-0.2, 0) is 6.42 Å². The molecular weight excluding hydrogens is 218 g/mol. The average molecular weight is 247 g/mol. The third-order valence-corrected chi connectivity index (χ3v) is 4.08. The first-order valence-corrected chi connectivity index (χ1v) is 7.28. The largest absolute Gasteiger partial charge is 0.316 e. The van der Waals surface area contributed by atoms with Crippen molar-refractivity contribution in [3.63, 3.8) is 0 Å². The van der Waals surface area contributed by atoms with Crippen LogP contribution in [0.1, 0.15) is 50.3 Å². The third kappa shape index (κ3) is 4.13. The predicted molar refractivity (Wildman–Crippen MR) is 81.2 cm³/mol. The highest BCUT2D eigenvalue weighted by Crippen LogP contribution is 2.28. The van der Waals surface area contributed by atoms with E-state index in [1.165, 1.54) is 30.4 Å². The molecular formula is C17H29N. The van der Waals surface area contributed by atoms with Crippen molar-refractivity contribution in [1.29, 1.82) is 0 Å². The molecule has 1 nitrogen and oxygen atoms in total. The lowest BCUT2D eigenvalue weighted by Gasteiger charge is -2.30. The number of benzene rings is 1. The minimum Gasteiger partial charge on any atom is -0.316 e. The maximum absolute atomic E-state index is 3.59. The van der Waals surface area contributed by atoms with Crippen molar-refractivity contribution >= 4 is 0 Å². The fourth-order valence-electron chi connectivity index (χ4n) is 2.43. The quantitative estimate of drug-likeness (QED) is 0.710. The second-order valence-electron chi connectivity index (χ2n) is 5.89. The van der Waals surface area contributed by atoms with Crippen LogP contribution in [0, 0.1) is 19.3 Å². The molecule has 0 radical (unpaired) electrons. The van der Waals surface area contributed by atoms with Crippen LogP contribution in [0.5, 0.6) is 0 Å². The molecule has 102 valence electrons. The Labute approximate surface area is 113 Å². The first kappa shape index (κ1) is 15.2. The Bertz CT molecular complexity index is 350. The van der Waals surface area contributed by atoms with Gasteiger partial charge in [-0.2, -0.15) is 0 Å². The molecule has 0 heterocycles. The van der Waals surface area contributed by atoms with E-state index in [0.717, 1.165) is 13.1 Å². The molecule has 0 saturated heterocycles. The van der Waals surface area contributed by atoms with Crippen molar-refractivity contribution in [2.45, 2.75) is 53.9 Å². The van der Waals surface area contributed by atoms with E-state index in [1.807, 2.05) is 0 Å². The zero-order valence-corrected chi connectivity index (χ0v) is 12.8. The van der Waals surface area contributed by atoms with Gasteiger partial charge in [0.1, 0.15) is 0 Å². The van der Waals surface area contributed by atoms with Crippen molar-refractivity contribution in [3.8, 4) is 0 Å². The molecule has 1 heteroatoms. The second kappa shape index (κ2) is 6.94. The molecule has 0 saturated carbocycles. The van der Waals surface area contributed by atoms with Gasteiger partial charge in [-0.15, -0.1) is 0 Å². The molecule has 0 aromatic heterocycles. The Balaban J connectivity index is 2.78. The van der Waals surface area contributed by atoms with E-state index in [9.17, 15) is 0 Å². The van der Waals surface area contributed by atoms with Crippen molar-refractivity contribution in [3.05, 3.63) is 34.9 Å². The number of rotatable bonds is 7. The highest BCUT2D eigenvalue weighted by molar-refractivity contribution is 5.34. The summed E-state index contributed by atoms with van der Waals surface area (Å²) in [7, 11) is 0. The Morgan fingerprint density at radius 2 is 1.72 bits per heavy atom. The monoisotopic (exact) mass is 247 g/mol. The van der Waals surface area contributed by atoms with E-state index in [1.54, 1.807) is 5.56 Å². The van der Waals surface area contributed by atoms with Gasteiger partial charge >= 0.3 is 0 Å². The lowest BCUT2D eigenvalue weighted by molar-refractivity contribution is 0.290. The Morgan fingerprint density at radius 3 is 2.22 bits per heavy atom. The fourth-order valence-corrected chi connectivity index (χ4v) is 2.43. The van der Waals surface area contributed by atoms with Crippen molar-refractivity contribution in [1.82, 2.24) is 5.32 Å². The molecule has 1 aromatic carbocycles. The molecule has 0 aliphatic rings. The van der Waals surface area contributed by atoms with E-state index in [0.29, 0.717) is 5.41 Å². The molecule has 1 N–H and O–H groups in total. The van der Waals surface area contributed by atoms with E-state index in [2.05, 4.69) is 58.1 Å². The topological polar surface area (TPSA) is 12.0 Å². The van der Waals surface area contributed by atoms with Crippen LogP contribution < -0.4 is 5.32 Å². The normalized spacial score (nSPS) is 14.5. The maximum Gasteiger partial charge on any atom is 0.000825 e. The summed E-state index contributed by atoms with van der Waals surface area (Å²) in [4.78, 5) is 0. The first-order chi connectivity index (χ1) is 8.52. The van der Waals surface area contributed by atoms with Gasteiger partial charge in [-0.25, -0.2) is 0 Å². The van der Waals surface area contributed by atoms with Crippen LogP contribution in [0.4, 0.5) is 0 Å². The summed E-state index contributed by atoms with van der Waals surface area (Å²) in [6, 6.07) is 6.63. The third-order valence-electron chi connectivity index (χ3n) is 4.08. The minimum absolute atomic E-state index is 0.367. The molecule has 0 bridgehead atoms. The van der Waals surface area contributed by atoms with Crippen molar-refractivity contribution < 1.29 is 0 Å². The van der Waals surface area contributed by atoms with Gasteiger partial charge < -0.3 is 5.32 Å². The zero-order chi connectivity index (χ0) is 13.6. The van der Waals surface area contributed by atoms with Crippen LogP contribution in [0.25, 0.3) is 0 Å². The Kier molecular flexibility index (Phi) is 5.87. The predicted octanol–water partition coefficient (Wildman–Crippen LogP) is 4.26. The maximum atomic E-state index is 3.59. The van der Waals surface area contributed by atoms with Crippen LogP contribution in [0.15, 0.2) is 18.2 Å². The fraction of sp³-hybridized carbons (Fsp3) is 0.647. The van der Waals surface area contributed by atoms with Gasteiger partial charge in [-0.3, -0.25) is 0 Å². The van der Waals surface area contributed by atoms with Gasteiger partial charge in [0, 0.05) is 6.54 Å². The summed E-state index contributed by atoms with van der Waals surface area (Å²) >= 11 is 0. The highest BCUT2D eigenvalue weighted by Gasteiger charge is 2.23. The van der Waals surface area contributed by atoms with Gasteiger partial charge in [0.2, 0.25) is 0 Å². The molecule has 0 aliphatic carbocycles. The van der Waals surface area contributed by atoms with Gasteiger partial charge in [0.15, 0.2) is 0 Å². The Morgan fingerprint density at radius 1 is 1.11 bits per heavy atom. The van der Waals surface area contributed by atoms with Crippen LogP contribution >= 0.6 is 0 Å². The van der Waals surface area contributed by atoms with E-state index >= 15 is 0 Å². The van der Waals surface area contributed by atoms with E-state index in [-0.39, 0.29) is 0 Å². The number of aryl methyl sites for hydroxylation is 2. The highest BCUT2D eigenvalue weighted by atomic mass is 14.9. The smallest absolute Gasteiger partial charge is 0.000825 e. The molecule has 1 aromatic rings. The summed E-state index contributed by atoms with van der Waals surface area (Å²) in [6.07, 6.45) is 3.61. The SMILES string of the molecule is CCCNCC(C)(CC)Cc1c(C)cccc1C. The summed E-state index contributed by atoms with van der Waals surface area (Å²) in [5.74, 6) is 0. The molecule has 1 unspecified atom stereocenters. The van der Waals surface area contributed by atoms with Gasteiger partial charge in [-0.05, 0) is 61.8 Å². The molecule has 0 spiro atoms. The molecule has 0 fully saturated rings. The summed E-state index contributed by atoms with van der Waals surface area (Å²) < 4.78 is 0. The lowest BCUT2D eigenvalue weighted by atomic mass is 9.79. The summed E-state index contributed by atoms with van der Waals surface area (Å²) in [6.45, 7) is 13.6. The number of hydrogen-bond acceptors (Lipinski definition) is 1. The van der Waals surface area contributed by atoms with E-state index in [4.69, 9.17) is 0 Å². The molecule has 1 rings (SSSR count). The number of hydrogen-bond donors (Lipinski definition) is 1. The average Bonchev–Trinajstić information content (AvgIpc) is 2.35. The first-order valence-electron chi connectivity index (χ1n) is 7.28.